The zero-order valence-corrected chi connectivity index (χ0v) is 22.8. The van der Waals surface area contributed by atoms with Crippen LogP contribution in [-0.4, -0.2) is 32.6 Å². The molecule has 0 saturated carbocycles. The van der Waals surface area contributed by atoms with Crippen LogP contribution in [0.25, 0.3) is 17.1 Å². The lowest BCUT2D eigenvalue weighted by molar-refractivity contribution is -0.137. The Bertz CT molecular complexity index is 1470. The van der Waals surface area contributed by atoms with Crippen molar-refractivity contribution < 1.29 is 18.0 Å². The van der Waals surface area contributed by atoms with Crippen LogP contribution in [0.4, 0.5) is 13.2 Å². The molecule has 39 heavy (non-hydrogen) atoms. The number of amides is 1. The van der Waals surface area contributed by atoms with Crippen LogP contribution in [-0.2, 0) is 16.4 Å². The van der Waals surface area contributed by atoms with Crippen LogP contribution in [0.2, 0.25) is 0 Å². The zero-order valence-electron chi connectivity index (χ0n) is 22.0. The van der Waals surface area contributed by atoms with Gasteiger partial charge in [-0.05, 0) is 36.1 Å². The molecule has 3 aromatic carbocycles. The van der Waals surface area contributed by atoms with Gasteiger partial charge in [0, 0.05) is 16.8 Å². The smallest absolute Gasteiger partial charge is 0.272 e. The molecule has 6 nitrogen and oxygen atoms in total. The molecule has 0 spiro atoms. The van der Waals surface area contributed by atoms with E-state index in [4.69, 9.17) is 0 Å². The number of hydrogen-bond donors (Lipinski definition) is 1. The fourth-order valence-corrected chi connectivity index (χ4v) is 4.54. The quantitative estimate of drug-likeness (QED) is 0.156. The molecule has 1 N–H and O–H groups in total. The molecule has 0 saturated heterocycles. The molecule has 4 aromatic rings. The van der Waals surface area contributed by atoms with Crippen molar-refractivity contribution in [3.05, 3.63) is 95.1 Å². The molecule has 0 aliphatic rings. The molecular weight excluding hydrogens is 523 g/mol. The molecule has 1 heterocycles. The molecule has 10 heteroatoms. The summed E-state index contributed by atoms with van der Waals surface area (Å²) in [6, 6.07) is 21.0. The number of aryl methyl sites for hydroxylation is 1. The molecule has 0 aliphatic carbocycles. The van der Waals surface area contributed by atoms with Gasteiger partial charge in [0.2, 0.25) is 0 Å². The summed E-state index contributed by atoms with van der Waals surface area (Å²) < 4.78 is 41.4. The highest BCUT2D eigenvalue weighted by molar-refractivity contribution is 7.99. The van der Waals surface area contributed by atoms with E-state index in [9.17, 15) is 18.0 Å². The van der Waals surface area contributed by atoms with E-state index < -0.39 is 17.6 Å². The maximum absolute atomic E-state index is 13.2. The van der Waals surface area contributed by atoms with Crippen molar-refractivity contribution in [2.24, 2.45) is 5.10 Å². The largest absolute Gasteiger partial charge is 0.417 e. The Balaban J connectivity index is 1.53. The number of benzene rings is 3. The Hall–Kier alpha value is -3.92. The number of thioether (sulfide) groups is 1. The Morgan fingerprint density at radius 2 is 1.64 bits per heavy atom. The summed E-state index contributed by atoms with van der Waals surface area (Å²) in [6.07, 6.45) is -3.53. The molecule has 1 amide bonds. The second-order valence-corrected chi connectivity index (χ2v) is 10.9. The van der Waals surface area contributed by atoms with Gasteiger partial charge in [0.1, 0.15) is 0 Å². The Labute approximate surface area is 229 Å². The minimum Gasteiger partial charge on any atom is -0.272 e. The van der Waals surface area contributed by atoms with Crippen LogP contribution >= 0.6 is 11.8 Å². The van der Waals surface area contributed by atoms with Crippen molar-refractivity contribution in [2.45, 2.75) is 44.4 Å². The Kier molecular flexibility index (Phi) is 8.25. The van der Waals surface area contributed by atoms with Crippen LogP contribution in [0.15, 0.2) is 83.1 Å². The third-order valence-corrected chi connectivity index (χ3v) is 6.86. The van der Waals surface area contributed by atoms with Gasteiger partial charge in [-0.2, -0.15) is 18.3 Å². The highest BCUT2D eigenvalue weighted by Crippen LogP contribution is 2.32. The number of aromatic nitrogens is 3. The van der Waals surface area contributed by atoms with Crippen molar-refractivity contribution in [1.82, 2.24) is 20.2 Å². The second kappa shape index (κ2) is 11.4. The first-order valence-electron chi connectivity index (χ1n) is 12.2. The van der Waals surface area contributed by atoms with Gasteiger partial charge < -0.3 is 0 Å². The van der Waals surface area contributed by atoms with Gasteiger partial charge >= 0.3 is 6.18 Å². The number of hydrogen-bond acceptors (Lipinski definition) is 5. The first-order chi connectivity index (χ1) is 18.4. The number of hydrazone groups is 1. The van der Waals surface area contributed by atoms with Crippen LogP contribution in [0.3, 0.4) is 0 Å². The van der Waals surface area contributed by atoms with Crippen molar-refractivity contribution >= 4 is 23.9 Å². The number of carbonyl (C=O) groups excluding carboxylic acids is 1. The van der Waals surface area contributed by atoms with E-state index in [2.05, 4.69) is 53.6 Å². The molecule has 0 bridgehead atoms. The second-order valence-electron chi connectivity index (χ2n) is 9.97. The summed E-state index contributed by atoms with van der Waals surface area (Å²) in [5.41, 5.74) is 5.34. The number of rotatable bonds is 7. The summed E-state index contributed by atoms with van der Waals surface area (Å²) in [6.45, 7) is 8.44. The summed E-state index contributed by atoms with van der Waals surface area (Å²) in [4.78, 5) is 12.5. The van der Waals surface area contributed by atoms with Crippen LogP contribution < -0.4 is 5.43 Å². The molecule has 0 unspecified atom stereocenters. The number of alkyl halides is 3. The average molecular weight is 552 g/mol. The van der Waals surface area contributed by atoms with Crippen molar-refractivity contribution in [1.29, 1.82) is 0 Å². The van der Waals surface area contributed by atoms with Crippen LogP contribution in [0, 0.1) is 6.92 Å². The number of nitrogens with one attached hydrogen (secondary N) is 1. The molecule has 0 atom stereocenters. The summed E-state index contributed by atoms with van der Waals surface area (Å²) in [7, 11) is 0. The minimum atomic E-state index is -4.52. The lowest BCUT2D eigenvalue weighted by Crippen LogP contribution is -2.20. The molecule has 202 valence electrons. The van der Waals surface area contributed by atoms with Gasteiger partial charge in [0.25, 0.3) is 5.91 Å². The van der Waals surface area contributed by atoms with Gasteiger partial charge in [-0.15, -0.1) is 10.2 Å². The third-order valence-electron chi connectivity index (χ3n) is 5.93. The fraction of sp³-hybridized carbons (Fsp3) is 0.241. The number of nitrogens with zero attached hydrogens (tertiary/aromatic N) is 4. The third kappa shape index (κ3) is 6.94. The SMILES string of the molecule is Cc1ccc(-n2c(SCC(=O)NN=Cc3ccccc3C(F)(F)F)nnc2-c2ccc(C(C)(C)C)cc2)cc1. The molecular formula is C29H28F3N5OS. The maximum atomic E-state index is 13.2. The lowest BCUT2D eigenvalue weighted by Gasteiger charge is -2.19. The average Bonchev–Trinajstić information content (AvgIpc) is 3.31. The molecule has 0 fully saturated rings. The lowest BCUT2D eigenvalue weighted by atomic mass is 9.87. The predicted octanol–water partition coefficient (Wildman–Crippen LogP) is 6.80. The fourth-order valence-electron chi connectivity index (χ4n) is 3.80. The van der Waals surface area contributed by atoms with Crippen LogP contribution in [0.5, 0.6) is 0 Å². The highest BCUT2D eigenvalue weighted by atomic mass is 32.2. The number of carbonyl (C=O) groups is 1. The van der Waals surface area contributed by atoms with E-state index in [0.717, 1.165) is 40.9 Å². The Morgan fingerprint density at radius 1 is 0.974 bits per heavy atom. The van der Waals surface area contributed by atoms with Crippen molar-refractivity contribution in [2.75, 3.05) is 5.75 Å². The zero-order chi connectivity index (χ0) is 28.2. The van der Waals surface area contributed by atoms with E-state index in [1.54, 1.807) is 0 Å². The van der Waals surface area contributed by atoms with E-state index >= 15 is 0 Å². The first kappa shape index (κ1) is 28.1. The first-order valence-corrected chi connectivity index (χ1v) is 13.2. The van der Waals surface area contributed by atoms with Gasteiger partial charge in [0.05, 0.1) is 17.5 Å². The molecule has 0 aliphatic heterocycles. The molecule has 4 rings (SSSR count). The van der Waals surface area contributed by atoms with Crippen molar-refractivity contribution in [3.63, 3.8) is 0 Å². The van der Waals surface area contributed by atoms with E-state index in [1.807, 2.05) is 47.9 Å². The number of halogens is 3. The summed E-state index contributed by atoms with van der Waals surface area (Å²) in [5, 5.41) is 13.0. The standard InChI is InChI=1S/C29H28F3N5OS/c1-19-9-15-23(16-10-19)37-26(20-11-13-22(14-12-20)28(2,3)4)35-36-27(37)39-18-25(38)34-33-17-21-7-5-6-8-24(21)29(30,31)32/h5-17H,18H2,1-4H3,(H,34,38). The summed E-state index contributed by atoms with van der Waals surface area (Å²) in [5.74, 6) is 0.0739. The highest BCUT2D eigenvalue weighted by Gasteiger charge is 2.32. The molecule has 0 radical (unpaired) electrons. The monoisotopic (exact) mass is 551 g/mol. The van der Waals surface area contributed by atoms with Gasteiger partial charge in [0.15, 0.2) is 11.0 Å². The van der Waals surface area contributed by atoms with Crippen molar-refractivity contribution in [3.8, 4) is 17.1 Å². The maximum Gasteiger partial charge on any atom is 0.417 e. The summed E-state index contributed by atoms with van der Waals surface area (Å²) >= 11 is 1.15. The van der Waals surface area contributed by atoms with E-state index in [0.29, 0.717) is 11.0 Å². The van der Waals surface area contributed by atoms with Gasteiger partial charge in [-0.25, -0.2) is 5.43 Å². The van der Waals surface area contributed by atoms with E-state index in [1.165, 1.54) is 23.8 Å². The topological polar surface area (TPSA) is 72.2 Å². The Morgan fingerprint density at radius 3 is 2.28 bits per heavy atom. The van der Waals surface area contributed by atoms with E-state index in [-0.39, 0.29) is 16.7 Å². The van der Waals surface area contributed by atoms with Gasteiger partial charge in [-0.1, -0.05) is 92.7 Å². The molecule has 1 aromatic heterocycles. The van der Waals surface area contributed by atoms with Gasteiger partial charge in [-0.3, -0.25) is 9.36 Å². The predicted molar refractivity (Wildman–Crippen MR) is 148 cm³/mol. The van der Waals surface area contributed by atoms with Crippen LogP contribution in [0.1, 0.15) is 43.0 Å². The normalized spacial score (nSPS) is 12.2. The minimum absolute atomic E-state index is 0.00877.